The second-order valence-electron chi connectivity index (χ2n) is 6.96. The van der Waals surface area contributed by atoms with Gasteiger partial charge in [0.1, 0.15) is 0 Å². The largest absolute Gasteiger partial charge is 0.481 e. The van der Waals surface area contributed by atoms with Crippen LogP contribution in [0.4, 0.5) is 0 Å². The van der Waals surface area contributed by atoms with Crippen molar-refractivity contribution < 1.29 is 9.90 Å². The number of carbonyl (C=O) groups is 1. The first-order valence-electron chi connectivity index (χ1n) is 8.42. The molecular formula is C16H28N2O2. The second-order valence-corrected chi connectivity index (χ2v) is 6.96. The molecule has 3 saturated heterocycles. The summed E-state index contributed by atoms with van der Waals surface area (Å²) in [5.41, 5.74) is 0. The molecule has 0 amide bonds. The molecule has 0 aromatic heterocycles. The molecule has 3 aliphatic rings. The normalized spacial score (nSPS) is 35.3. The Hall–Kier alpha value is -0.610. The van der Waals surface area contributed by atoms with Gasteiger partial charge in [0.05, 0.1) is 0 Å². The summed E-state index contributed by atoms with van der Waals surface area (Å²) >= 11 is 0. The molecule has 114 valence electrons. The average Bonchev–Trinajstić information content (AvgIpc) is 2.67. The van der Waals surface area contributed by atoms with Gasteiger partial charge >= 0.3 is 5.97 Å². The number of fused-ring (bicyclic) bond motifs is 2. The second kappa shape index (κ2) is 6.44. The topological polar surface area (TPSA) is 43.8 Å². The lowest BCUT2D eigenvalue weighted by Gasteiger charge is -2.40. The van der Waals surface area contributed by atoms with Crippen LogP contribution >= 0.6 is 0 Å². The summed E-state index contributed by atoms with van der Waals surface area (Å²) in [6.07, 6.45) is 9.34. The first-order chi connectivity index (χ1) is 9.72. The van der Waals surface area contributed by atoms with E-state index in [1.54, 1.807) is 0 Å². The minimum absolute atomic E-state index is 0.382. The maximum Gasteiger partial charge on any atom is 0.303 e. The Morgan fingerprint density at radius 1 is 1.00 bits per heavy atom. The van der Waals surface area contributed by atoms with Crippen molar-refractivity contribution in [2.45, 2.75) is 63.5 Å². The van der Waals surface area contributed by atoms with Crippen LogP contribution in [-0.4, -0.2) is 59.1 Å². The summed E-state index contributed by atoms with van der Waals surface area (Å²) in [6.45, 7) is 4.99. The first-order valence-corrected chi connectivity index (χ1v) is 8.42. The number of hydrogen-bond acceptors (Lipinski definition) is 3. The lowest BCUT2D eigenvalue weighted by molar-refractivity contribution is -0.138. The molecule has 4 nitrogen and oxygen atoms in total. The standard InChI is InChI=1S/C16H28N2O2/c19-16(20)12-13-10-14-4-5-15(11-13)18(14)9-8-17-6-2-1-3-7-17/h13-15H,1-12H2,(H,19,20). The molecule has 0 aliphatic carbocycles. The van der Waals surface area contributed by atoms with Crippen molar-refractivity contribution in [1.82, 2.24) is 9.80 Å². The highest BCUT2D eigenvalue weighted by atomic mass is 16.4. The minimum Gasteiger partial charge on any atom is -0.481 e. The summed E-state index contributed by atoms with van der Waals surface area (Å²) in [4.78, 5) is 16.2. The van der Waals surface area contributed by atoms with Gasteiger partial charge in [-0.25, -0.2) is 0 Å². The van der Waals surface area contributed by atoms with Crippen LogP contribution in [0.3, 0.4) is 0 Å². The van der Waals surface area contributed by atoms with E-state index in [0.29, 0.717) is 24.4 Å². The highest BCUT2D eigenvalue weighted by Gasteiger charge is 2.40. The third-order valence-corrected chi connectivity index (χ3v) is 5.57. The van der Waals surface area contributed by atoms with Gasteiger partial charge in [-0.05, 0) is 57.5 Å². The molecule has 1 N–H and O–H groups in total. The van der Waals surface area contributed by atoms with Crippen LogP contribution in [0, 0.1) is 5.92 Å². The fraction of sp³-hybridized carbons (Fsp3) is 0.938. The van der Waals surface area contributed by atoms with Crippen LogP contribution < -0.4 is 0 Å². The third kappa shape index (κ3) is 3.34. The monoisotopic (exact) mass is 280 g/mol. The van der Waals surface area contributed by atoms with Gasteiger partial charge in [0.15, 0.2) is 0 Å². The van der Waals surface area contributed by atoms with Crippen molar-refractivity contribution in [3.63, 3.8) is 0 Å². The van der Waals surface area contributed by atoms with E-state index in [1.165, 1.54) is 58.3 Å². The van der Waals surface area contributed by atoms with Gasteiger partial charge in [-0.15, -0.1) is 0 Å². The maximum absolute atomic E-state index is 10.9. The van der Waals surface area contributed by atoms with Gasteiger partial charge in [-0.3, -0.25) is 9.69 Å². The van der Waals surface area contributed by atoms with E-state index in [4.69, 9.17) is 5.11 Å². The third-order valence-electron chi connectivity index (χ3n) is 5.57. The zero-order chi connectivity index (χ0) is 13.9. The smallest absolute Gasteiger partial charge is 0.303 e. The van der Waals surface area contributed by atoms with Crippen LogP contribution in [0.1, 0.15) is 51.4 Å². The van der Waals surface area contributed by atoms with Crippen LogP contribution in [0.2, 0.25) is 0 Å². The molecule has 2 unspecified atom stereocenters. The zero-order valence-electron chi connectivity index (χ0n) is 12.5. The average molecular weight is 280 g/mol. The van der Waals surface area contributed by atoms with Crippen molar-refractivity contribution in [2.24, 2.45) is 5.92 Å². The number of hydrogen-bond donors (Lipinski definition) is 1. The van der Waals surface area contributed by atoms with E-state index >= 15 is 0 Å². The number of piperidine rings is 2. The quantitative estimate of drug-likeness (QED) is 0.838. The van der Waals surface area contributed by atoms with E-state index in [1.807, 2.05) is 0 Å². The lowest BCUT2D eigenvalue weighted by atomic mass is 9.88. The minimum atomic E-state index is -0.615. The van der Waals surface area contributed by atoms with E-state index in [0.717, 1.165) is 12.8 Å². The van der Waals surface area contributed by atoms with Gasteiger partial charge in [-0.2, -0.15) is 0 Å². The summed E-state index contributed by atoms with van der Waals surface area (Å²) in [5, 5.41) is 8.98. The Bertz CT molecular complexity index is 327. The van der Waals surface area contributed by atoms with Gasteiger partial charge in [0, 0.05) is 31.6 Å². The molecule has 3 rings (SSSR count). The van der Waals surface area contributed by atoms with Gasteiger partial charge in [0.25, 0.3) is 0 Å². The Balaban J connectivity index is 1.48. The van der Waals surface area contributed by atoms with Crippen LogP contribution in [0.25, 0.3) is 0 Å². The molecule has 0 aromatic rings. The molecule has 20 heavy (non-hydrogen) atoms. The van der Waals surface area contributed by atoms with E-state index in [-0.39, 0.29) is 0 Å². The Morgan fingerprint density at radius 3 is 2.25 bits per heavy atom. The fourth-order valence-corrected chi connectivity index (χ4v) is 4.61. The van der Waals surface area contributed by atoms with Gasteiger partial charge in [-0.1, -0.05) is 6.42 Å². The van der Waals surface area contributed by atoms with E-state index in [9.17, 15) is 4.79 Å². The highest BCUT2D eigenvalue weighted by Crippen LogP contribution is 2.39. The van der Waals surface area contributed by atoms with Crippen LogP contribution in [0.5, 0.6) is 0 Å². The molecule has 0 spiro atoms. The number of likely N-dealkylation sites (tertiary alicyclic amines) is 1. The molecule has 4 heteroatoms. The number of rotatable bonds is 5. The molecule has 0 aromatic carbocycles. The van der Waals surface area contributed by atoms with E-state index < -0.39 is 5.97 Å². The molecule has 2 bridgehead atoms. The predicted molar refractivity (Wildman–Crippen MR) is 78.8 cm³/mol. The molecule has 0 radical (unpaired) electrons. The van der Waals surface area contributed by atoms with Crippen molar-refractivity contribution in [3.8, 4) is 0 Å². The fourth-order valence-electron chi connectivity index (χ4n) is 4.61. The molecule has 3 aliphatic heterocycles. The number of aliphatic carboxylic acids is 1. The number of carboxylic acid groups (broad SMARTS) is 1. The maximum atomic E-state index is 10.9. The van der Waals surface area contributed by atoms with Gasteiger partial charge in [0.2, 0.25) is 0 Å². The molecule has 3 fully saturated rings. The van der Waals surface area contributed by atoms with Crippen LogP contribution in [-0.2, 0) is 4.79 Å². The van der Waals surface area contributed by atoms with E-state index in [2.05, 4.69) is 9.80 Å². The molecule has 3 heterocycles. The summed E-state index contributed by atoms with van der Waals surface area (Å²) in [6, 6.07) is 1.34. The lowest BCUT2D eigenvalue weighted by Crippen LogP contribution is -2.47. The van der Waals surface area contributed by atoms with Crippen molar-refractivity contribution in [3.05, 3.63) is 0 Å². The molecule has 0 saturated carbocycles. The highest BCUT2D eigenvalue weighted by molar-refractivity contribution is 5.67. The Labute approximate surface area is 122 Å². The summed E-state index contributed by atoms with van der Waals surface area (Å²) in [7, 11) is 0. The zero-order valence-corrected chi connectivity index (χ0v) is 12.5. The Kier molecular flexibility index (Phi) is 4.61. The van der Waals surface area contributed by atoms with Crippen molar-refractivity contribution >= 4 is 5.97 Å². The van der Waals surface area contributed by atoms with Crippen LogP contribution in [0.15, 0.2) is 0 Å². The SMILES string of the molecule is O=C(O)CC1CC2CCC(C1)N2CCN1CCCCC1. The number of nitrogens with zero attached hydrogens (tertiary/aromatic N) is 2. The molecule has 2 atom stereocenters. The summed E-state index contributed by atoms with van der Waals surface area (Å²) < 4.78 is 0. The summed E-state index contributed by atoms with van der Waals surface area (Å²) in [5.74, 6) is -0.188. The van der Waals surface area contributed by atoms with Gasteiger partial charge < -0.3 is 10.0 Å². The van der Waals surface area contributed by atoms with Crippen molar-refractivity contribution in [1.29, 1.82) is 0 Å². The first kappa shape index (κ1) is 14.3. The Morgan fingerprint density at radius 2 is 1.65 bits per heavy atom. The number of carboxylic acids is 1. The van der Waals surface area contributed by atoms with Crippen molar-refractivity contribution in [2.75, 3.05) is 26.2 Å². The molecular weight excluding hydrogens is 252 g/mol. The predicted octanol–water partition coefficient (Wildman–Crippen LogP) is 2.19.